The Hall–Kier alpha value is -1.96. The number of furan rings is 1. The third-order valence-corrected chi connectivity index (χ3v) is 3.80. The molecule has 23 heavy (non-hydrogen) atoms. The van der Waals surface area contributed by atoms with Crippen molar-refractivity contribution in [2.75, 3.05) is 10.6 Å². The fourth-order valence-electron chi connectivity index (χ4n) is 2.18. The number of carbonyl (C=O) groups is 2. The van der Waals surface area contributed by atoms with Crippen molar-refractivity contribution in [3.8, 4) is 0 Å². The second kappa shape index (κ2) is 7.54. The van der Waals surface area contributed by atoms with Crippen LogP contribution in [0.3, 0.4) is 0 Å². The zero-order chi connectivity index (χ0) is 17.0. The molecule has 0 atom stereocenters. The Morgan fingerprint density at radius 3 is 2.61 bits per heavy atom. The first kappa shape index (κ1) is 17.4. The van der Waals surface area contributed by atoms with Gasteiger partial charge in [-0.15, -0.1) is 0 Å². The van der Waals surface area contributed by atoms with Crippen molar-refractivity contribution in [1.82, 2.24) is 0 Å². The molecular weight excluding hydrogens is 374 g/mol. The van der Waals surface area contributed by atoms with Gasteiger partial charge in [-0.3, -0.25) is 9.59 Å². The van der Waals surface area contributed by atoms with Crippen molar-refractivity contribution < 1.29 is 22.8 Å². The molecule has 0 saturated heterocycles. The number of nitrogens with two attached hydrogens (primary N) is 1. The summed E-state index contributed by atoms with van der Waals surface area (Å²) in [7, 11) is 0. The summed E-state index contributed by atoms with van der Waals surface area (Å²) in [5, 5.41) is 3.28. The number of anilines is 1. The molecule has 2 rings (SSSR count). The number of hydrogen-bond acceptors (Lipinski definition) is 3. The SMILES string of the molecule is NC(=O)c1oc2c(F)cc(F)cc2c1NC(=O)CCCCCBr. The van der Waals surface area contributed by atoms with Crippen LogP contribution in [0.25, 0.3) is 11.0 Å². The predicted octanol–water partition coefficient (Wildman–Crippen LogP) is 3.70. The maximum Gasteiger partial charge on any atom is 0.286 e. The maximum absolute atomic E-state index is 13.7. The minimum absolute atomic E-state index is 0.0369. The Bertz CT molecular complexity index is 746. The summed E-state index contributed by atoms with van der Waals surface area (Å²) >= 11 is 3.30. The van der Waals surface area contributed by atoms with Crippen LogP contribution in [0.5, 0.6) is 0 Å². The van der Waals surface area contributed by atoms with E-state index in [-0.39, 0.29) is 29.0 Å². The highest BCUT2D eigenvalue weighted by Gasteiger charge is 2.23. The van der Waals surface area contributed by atoms with E-state index in [9.17, 15) is 18.4 Å². The zero-order valence-electron chi connectivity index (χ0n) is 12.1. The van der Waals surface area contributed by atoms with Crippen molar-refractivity contribution in [1.29, 1.82) is 0 Å². The molecule has 1 aromatic heterocycles. The third kappa shape index (κ3) is 4.07. The molecule has 0 unspecified atom stereocenters. The van der Waals surface area contributed by atoms with Crippen LogP contribution in [0.2, 0.25) is 0 Å². The lowest BCUT2D eigenvalue weighted by Gasteiger charge is -2.05. The summed E-state index contributed by atoms with van der Waals surface area (Å²) < 4.78 is 32.2. The predicted molar refractivity (Wildman–Crippen MR) is 85.5 cm³/mol. The van der Waals surface area contributed by atoms with Gasteiger partial charge in [0.15, 0.2) is 11.4 Å². The summed E-state index contributed by atoms with van der Waals surface area (Å²) in [5.41, 5.74) is 4.75. The monoisotopic (exact) mass is 388 g/mol. The van der Waals surface area contributed by atoms with Gasteiger partial charge in [-0.25, -0.2) is 8.78 Å². The number of alkyl halides is 1. The van der Waals surface area contributed by atoms with Gasteiger partial charge in [0.1, 0.15) is 11.5 Å². The molecule has 2 aromatic rings. The lowest BCUT2D eigenvalue weighted by atomic mass is 10.1. The van der Waals surface area contributed by atoms with Gasteiger partial charge in [-0.2, -0.15) is 0 Å². The second-order valence-electron chi connectivity index (χ2n) is 4.98. The topological polar surface area (TPSA) is 85.3 Å². The minimum atomic E-state index is -0.976. The average Bonchev–Trinajstić information content (AvgIpc) is 2.83. The van der Waals surface area contributed by atoms with E-state index >= 15 is 0 Å². The third-order valence-electron chi connectivity index (χ3n) is 3.23. The molecule has 8 heteroatoms. The molecule has 0 aliphatic carbocycles. The summed E-state index contributed by atoms with van der Waals surface area (Å²) in [4.78, 5) is 23.4. The molecule has 0 spiro atoms. The molecular formula is C15H15BrF2N2O3. The fraction of sp³-hybridized carbons (Fsp3) is 0.333. The smallest absolute Gasteiger partial charge is 0.286 e. The Kier molecular flexibility index (Phi) is 5.70. The van der Waals surface area contributed by atoms with E-state index in [1.165, 1.54) is 0 Å². The summed E-state index contributed by atoms with van der Waals surface area (Å²) in [6, 6.07) is 1.61. The van der Waals surface area contributed by atoms with E-state index in [0.717, 1.165) is 24.2 Å². The second-order valence-corrected chi connectivity index (χ2v) is 5.78. The number of hydrogen-bond donors (Lipinski definition) is 2. The lowest BCUT2D eigenvalue weighted by molar-refractivity contribution is -0.116. The van der Waals surface area contributed by atoms with Gasteiger partial charge >= 0.3 is 0 Å². The van der Waals surface area contributed by atoms with Crippen molar-refractivity contribution in [2.24, 2.45) is 5.73 Å². The van der Waals surface area contributed by atoms with Crippen LogP contribution in [0.15, 0.2) is 16.5 Å². The molecule has 0 radical (unpaired) electrons. The zero-order valence-corrected chi connectivity index (χ0v) is 13.7. The molecule has 1 aromatic carbocycles. The van der Waals surface area contributed by atoms with Gasteiger partial charge < -0.3 is 15.5 Å². The standard InChI is InChI=1S/C15H15BrF2N2O3/c16-5-3-1-2-4-11(21)20-12-9-6-8(17)7-10(18)13(9)23-14(12)15(19)22/h6-7H,1-5H2,(H2,19,22)(H,20,21). The lowest BCUT2D eigenvalue weighted by Crippen LogP contribution is -2.16. The number of halogens is 3. The first-order chi connectivity index (χ1) is 10.9. The van der Waals surface area contributed by atoms with E-state index in [0.29, 0.717) is 12.5 Å². The molecule has 1 heterocycles. The number of rotatable bonds is 7. The molecule has 124 valence electrons. The van der Waals surface area contributed by atoms with Gasteiger partial charge in [0, 0.05) is 17.8 Å². The van der Waals surface area contributed by atoms with E-state index in [4.69, 9.17) is 10.2 Å². The van der Waals surface area contributed by atoms with Gasteiger partial charge in [0.05, 0.1) is 5.39 Å². The Morgan fingerprint density at radius 2 is 1.96 bits per heavy atom. The number of primary amides is 1. The van der Waals surface area contributed by atoms with Crippen LogP contribution < -0.4 is 11.1 Å². The number of carbonyl (C=O) groups excluding carboxylic acids is 2. The first-order valence-corrected chi connectivity index (χ1v) is 8.13. The minimum Gasteiger partial charge on any atom is -0.446 e. The maximum atomic E-state index is 13.7. The molecule has 0 bridgehead atoms. The molecule has 3 N–H and O–H groups in total. The fourth-order valence-corrected chi connectivity index (χ4v) is 2.58. The van der Waals surface area contributed by atoms with E-state index in [1.54, 1.807) is 0 Å². The van der Waals surface area contributed by atoms with E-state index < -0.39 is 23.3 Å². The number of nitrogens with one attached hydrogen (secondary N) is 1. The van der Waals surface area contributed by atoms with E-state index in [1.807, 2.05) is 0 Å². The summed E-state index contributed by atoms with van der Waals surface area (Å²) in [6.07, 6.45) is 2.67. The van der Waals surface area contributed by atoms with Gasteiger partial charge in [-0.05, 0) is 18.9 Å². The largest absolute Gasteiger partial charge is 0.446 e. The van der Waals surface area contributed by atoms with Crippen LogP contribution in [-0.2, 0) is 4.79 Å². The van der Waals surface area contributed by atoms with Crippen LogP contribution in [0.1, 0.15) is 36.2 Å². The van der Waals surface area contributed by atoms with Crippen molar-refractivity contribution in [2.45, 2.75) is 25.7 Å². The molecule has 0 fully saturated rings. The summed E-state index contributed by atoms with van der Waals surface area (Å²) in [5.74, 6) is -3.58. The van der Waals surface area contributed by atoms with Crippen molar-refractivity contribution >= 4 is 44.4 Å². The highest BCUT2D eigenvalue weighted by Crippen LogP contribution is 2.33. The highest BCUT2D eigenvalue weighted by molar-refractivity contribution is 9.09. The first-order valence-electron chi connectivity index (χ1n) is 7.01. The van der Waals surface area contributed by atoms with Crippen molar-refractivity contribution in [3.05, 3.63) is 29.5 Å². The van der Waals surface area contributed by atoms with Crippen LogP contribution in [0, 0.1) is 11.6 Å². The highest BCUT2D eigenvalue weighted by atomic mass is 79.9. The molecule has 2 amide bonds. The van der Waals surface area contributed by atoms with Crippen LogP contribution >= 0.6 is 15.9 Å². The Balaban J connectivity index is 2.29. The molecule has 0 saturated carbocycles. The van der Waals surface area contributed by atoms with Gasteiger partial charge in [0.25, 0.3) is 5.91 Å². The summed E-state index contributed by atoms with van der Waals surface area (Å²) in [6.45, 7) is 0. The molecule has 0 aliphatic heterocycles. The number of fused-ring (bicyclic) bond motifs is 1. The van der Waals surface area contributed by atoms with Gasteiger partial charge in [-0.1, -0.05) is 22.4 Å². The Labute approximate surface area is 139 Å². The number of amides is 2. The molecule has 0 aliphatic rings. The molecule has 5 nitrogen and oxygen atoms in total. The quantitative estimate of drug-likeness (QED) is 0.559. The van der Waals surface area contributed by atoms with E-state index in [2.05, 4.69) is 21.2 Å². The number of unbranched alkanes of at least 4 members (excludes halogenated alkanes) is 2. The van der Waals surface area contributed by atoms with Crippen LogP contribution in [0.4, 0.5) is 14.5 Å². The average molecular weight is 389 g/mol. The number of benzene rings is 1. The normalized spacial score (nSPS) is 10.9. The van der Waals surface area contributed by atoms with Crippen LogP contribution in [-0.4, -0.2) is 17.1 Å². The van der Waals surface area contributed by atoms with Crippen molar-refractivity contribution in [3.63, 3.8) is 0 Å². The van der Waals surface area contributed by atoms with Gasteiger partial charge in [0.2, 0.25) is 11.7 Å². The Morgan fingerprint density at radius 1 is 1.22 bits per heavy atom.